The molecule has 1 unspecified atom stereocenters. The summed E-state index contributed by atoms with van der Waals surface area (Å²) in [6, 6.07) is 6.43. The van der Waals surface area contributed by atoms with Crippen molar-refractivity contribution in [1.82, 2.24) is 14.5 Å². The van der Waals surface area contributed by atoms with Crippen LogP contribution in [-0.2, 0) is 39.7 Å². The molecule has 2 amide bonds. The molecule has 1 aliphatic carbocycles. The number of rotatable bonds is 8. The molecule has 202 valence electrons. The van der Waals surface area contributed by atoms with Crippen LogP contribution in [0.2, 0.25) is 0 Å². The Hall–Kier alpha value is -2.83. The molecule has 3 atom stereocenters. The monoisotopic (exact) mass is 534 g/mol. The van der Waals surface area contributed by atoms with Crippen molar-refractivity contribution >= 4 is 33.6 Å². The maximum Gasteiger partial charge on any atom is 0.376 e. The van der Waals surface area contributed by atoms with Gasteiger partial charge in [0.15, 0.2) is 0 Å². The second kappa shape index (κ2) is 11.3. The first-order valence-electron chi connectivity index (χ1n) is 12.6. The van der Waals surface area contributed by atoms with Gasteiger partial charge in [-0.25, -0.2) is 13.2 Å². The van der Waals surface area contributed by atoms with Crippen molar-refractivity contribution in [2.24, 2.45) is 11.7 Å². The van der Waals surface area contributed by atoms with Crippen LogP contribution in [0.15, 0.2) is 30.3 Å². The molecule has 0 spiro atoms. The van der Waals surface area contributed by atoms with Crippen LogP contribution in [0.5, 0.6) is 0 Å². The van der Waals surface area contributed by atoms with E-state index in [1.165, 1.54) is 9.21 Å². The quantitative estimate of drug-likeness (QED) is 0.347. The summed E-state index contributed by atoms with van der Waals surface area (Å²) in [5.74, 6) is -3.30. The van der Waals surface area contributed by atoms with Gasteiger partial charge in [0.25, 0.3) is 5.78 Å². The lowest BCUT2D eigenvalue weighted by molar-refractivity contribution is -0.154. The van der Waals surface area contributed by atoms with Crippen molar-refractivity contribution in [3.8, 4) is 0 Å². The van der Waals surface area contributed by atoms with Gasteiger partial charge in [-0.15, -0.1) is 0 Å². The molecule has 12 heteroatoms. The molecular weight excluding hydrogens is 500 g/mol. The predicted molar refractivity (Wildman–Crippen MR) is 133 cm³/mol. The van der Waals surface area contributed by atoms with E-state index < -0.39 is 51.7 Å². The minimum atomic E-state index is -3.73. The number of amides is 2. The Morgan fingerprint density at radius 2 is 1.76 bits per heavy atom. The molecule has 11 nitrogen and oxygen atoms in total. The van der Waals surface area contributed by atoms with E-state index in [9.17, 15) is 27.6 Å². The zero-order valence-electron chi connectivity index (χ0n) is 20.9. The third kappa shape index (κ3) is 6.02. The third-order valence-electron chi connectivity index (χ3n) is 7.66. The summed E-state index contributed by atoms with van der Waals surface area (Å²) in [4.78, 5) is 52.7. The number of esters is 1. The van der Waals surface area contributed by atoms with Crippen molar-refractivity contribution in [3.05, 3.63) is 35.9 Å². The number of Topliss-reactive ketones (excluding diaryl/α,β-unsaturated/α-hetero) is 1. The Labute approximate surface area is 216 Å². The standard InChI is InChI=1S/C25H34N4O7S/c1-36-25(33)23(31)22(17-7-9-18(26)10-8-17)27-24(32)20-12-11-19-13-28(14-21(30)29(19)20)37(34,35)15-16-5-3-2-4-6-16/h2-6,17-20,22H,7-15,26H2,1H3,(H,27,32)/t17?,18?,19-,20-,22?/m0/s1. The Morgan fingerprint density at radius 1 is 1.08 bits per heavy atom. The number of carbonyl (C=O) groups excluding carboxylic acids is 4. The molecule has 3 N–H and O–H groups in total. The molecule has 0 bridgehead atoms. The summed E-state index contributed by atoms with van der Waals surface area (Å²) < 4.78 is 31.8. The van der Waals surface area contributed by atoms with Crippen LogP contribution in [0.1, 0.15) is 44.1 Å². The Balaban J connectivity index is 1.44. The first-order valence-corrected chi connectivity index (χ1v) is 14.2. The van der Waals surface area contributed by atoms with Crippen LogP contribution in [0.25, 0.3) is 0 Å². The van der Waals surface area contributed by atoms with Crippen molar-refractivity contribution < 1.29 is 32.3 Å². The number of nitrogens with zero attached hydrogens (tertiary/aromatic N) is 2. The van der Waals surface area contributed by atoms with Crippen molar-refractivity contribution in [2.75, 3.05) is 20.2 Å². The summed E-state index contributed by atoms with van der Waals surface area (Å²) in [7, 11) is -2.62. The van der Waals surface area contributed by atoms with Crippen LogP contribution in [0, 0.1) is 5.92 Å². The number of ketones is 1. The number of hydrogen-bond acceptors (Lipinski definition) is 8. The van der Waals surface area contributed by atoms with E-state index in [1.807, 2.05) is 0 Å². The minimum absolute atomic E-state index is 0.0171. The molecule has 1 aromatic rings. The minimum Gasteiger partial charge on any atom is -0.463 e. The number of methoxy groups -OCH3 is 1. The lowest BCUT2D eigenvalue weighted by atomic mass is 9.80. The molecule has 0 radical (unpaired) electrons. The smallest absolute Gasteiger partial charge is 0.376 e. The van der Waals surface area contributed by atoms with E-state index in [0.29, 0.717) is 44.1 Å². The van der Waals surface area contributed by atoms with Crippen molar-refractivity contribution in [2.45, 2.75) is 68.4 Å². The molecule has 4 rings (SSSR count). The molecule has 1 saturated carbocycles. The number of nitrogens with one attached hydrogen (secondary N) is 1. The van der Waals surface area contributed by atoms with Gasteiger partial charge in [0.05, 0.1) is 19.4 Å². The highest BCUT2D eigenvalue weighted by Gasteiger charge is 2.48. The highest BCUT2D eigenvalue weighted by Crippen LogP contribution is 2.31. The van der Waals surface area contributed by atoms with Crippen LogP contribution in [0.4, 0.5) is 0 Å². The van der Waals surface area contributed by atoms with Gasteiger partial charge in [-0.3, -0.25) is 14.4 Å². The van der Waals surface area contributed by atoms with E-state index in [1.54, 1.807) is 30.3 Å². The molecule has 2 saturated heterocycles. The van der Waals surface area contributed by atoms with Gasteiger partial charge in [-0.2, -0.15) is 4.31 Å². The number of ether oxygens (including phenoxy) is 1. The fraction of sp³-hybridized carbons (Fsp3) is 0.600. The molecule has 2 aliphatic heterocycles. The van der Waals surface area contributed by atoms with E-state index in [2.05, 4.69) is 10.1 Å². The Morgan fingerprint density at radius 3 is 2.41 bits per heavy atom. The molecular formula is C25H34N4O7S. The number of carbonyl (C=O) groups is 4. The third-order valence-corrected chi connectivity index (χ3v) is 9.42. The fourth-order valence-corrected chi connectivity index (χ4v) is 7.17. The number of sulfonamides is 1. The average Bonchev–Trinajstić information content (AvgIpc) is 3.32. The lowest BCUT2D eigenvalue weighted by Gasteiger charge is -2.39. The van der Waals surface area contributed by atoms with Crippen molar-refractivity contribution in [3.63, 3.8) is 0 Å². The largest absolute Gasteiger partial charge is 0.463 e. The van der Waals surface area contributed by atoms with Gasteiger partial charge in [0.2, 0.25) is 21.8 Å². The van der Waals surface area contributed by atoms with Gasteiger partial charge in [-0.1, -0.05) is 30.3 Å². The lowest BCUT2D eigenvalue weighted by Crippen LogP contribution is -2.61. The predicted octanol–water partition coefficient (Wildman–Crippen LogP) is -0.0640. The number of fused-ring (bicyclic) bond motifs is 1. The van der Waals surface area contributed by atoms with Crippen LogP contribution < -0.4 is 11.1 Å². The maximum atomic E-state index is 13.3. The molecule has 1 aromatic carbocycles. The first kappa shape index (κ1) is 27.2. The normalized spacial score (nSPS) is 27.3. The van der Waals surface area contributed by atoms with E-state index >= 15 is 0 Å². The number of piperazine rings is 1. The van der Waals surface area contributed by atoms with Crippen LogP contribution in [0.3, 0.4) is 0 Å². The summed E-state index contributed by atoms with van der Waals surface area (Å²) in [5.41, 5.74) is 6.61. The second-order valence-electron chi connectivity index (χ2n) is 10.1. The fourth-order valence-electron chi connectivity index (χ4n) is 5.67. The van der Waals surface area contributed by atoms with E-state index in [-0.39, 0.29) is 30.8 Å². The van der Waals surface area contributed by atoms with E-state index in [0.717, 1.165) is 7.11 Å². The van der Waals surface area contributed by atoms with Crippen LogP contribution >= 0.6 is 0 Å². The molecule has 37 heavy (non-hydrogen) atoms. The summed E-state index contributed by atoms with van der Waals surface area (Å²) in [5, 5.41) is 2.73. The van der Waals surface area contributed by atoms with Gasteiger partial charge in [-0.05, 0) is 50.0 Å². The number of nitrogens with two attached hydrogens (primary N) is 1. The SMILES string of the molecule is COC(=O)C(=O)C(NC(=O)[C@@H]1CC[C@H]2CN(S(=O)(=O)Cc3ccccc3)CC(=O)N21)C1CCC(N)CC1. The molecule has 3 fully saturated rings. The summed E-state index contributed by atoms with van der Waals surface area (Å²) in [6.07, 6.45) is 3.31. The zero-order valence-corrected chi connectivity index (χ0v) is 21.7. The van der Waals surface area contributed by atoms with Crippen LogP contribution in [-0.4, -0.2) is 85.6 Å². The van der Waals surface area contributed by atoms with Gasteiger partial charge < -0.3 is 20.7 Å². The van der Waals surface area contributed by atoms with Gasteiger partial charge >= 0.3 is 5.97 Å². The Bertz CT molecular complexity index is 1130. The average molecular weight is 535 g/mol. The number of hydrogen-bond donors (Lipinski definition) is 2. The first-order chi connectivity index (χ1) is 17.6. The van der Waals surface area contributed by atoms with Gasteiger partial charge in [0, 0.05) is 18.6 Å². The number of benzene rings is 1. The summed E-state index contributed by atoms with van der Waals surface area (Å²) >= 11 is 0. The van der Waals surface area contributed by atoms with Gasteiger partial charge in [0.1, 0.15) is 12.1 Å². The van der Waals surface area contributed by atoms with E-state index in [4.69, 9.17) is 5.73 Å². The molecule has 3 aliphatic rings. The highest BCUT2D eigenvalue weighted by molar-refractivity contribution is 7.88. The maximum absolute atomic E-state index is 13.3. The Kier molecular flexibility index (Phi) is 8.29. The van der Waals surface area contributed by atoms with Crippen molar-refractivity contribution in [1.29, 1.82) is 0 Å². The second-order valence-corrected chi connectivity index (χ2v) is 12.1. The zero-order chi connectivity index (χ0) is 26.7. The molecule has 2 heterocycles. The molecule has 0 aromatic heterocycles. The highest BCUT2D eigenvalue weighted by atomic mass is 32.2. The topological polar surface area (TPSA) is 156 Å². The summed E-state index contributed by atoms with van der Waals surface area (Å²) in [6.45, 7) is -0.240.